The predicted octanol–water partition coefficient (Wildman–Crippen LogP) is 9.64. The van der Waals surface area contributed by atoms with Gasteiger partial charge in [0.1, 0.15) is 0 Å². The van der Waals surface area contributed by atoms with Gasteiger partial charge in [0.2, 0.25) is 0 Å². The van der Waals surface area contributed by atoms with E-state index in [0.29, 0.717) is 0 Å². The molecule has 1 saturated carbocycles. The van der Waals surface area contributed by atoms with Crippen LogP contribution in [0.2, 0.25) is 0 Å². The number of aromatic nitrogens is 1. The van der Waals surface area contributed by atoms with Crippen LogP contribution in [0.25, 0.3) is 65.6 Å². The minimum absolute atomic E-state index is 0.135. The van der Waals surface area contributed by atoms with E-state index in [9.17, 15) is 0 Å². The van der Waals surface area contributed by atoms with Gasteiger partial charge in [-0.15, -0.1) is 0 Å². The van der Waals surface area contributed by atoms with Crippen molar-refractivity contribution in [2.24, 2.45) is 0 Å². The lowest BCUT2D eigenvalue weighted by Crippen LogP contribution is -2.27. The van der Waals surface area contributed by atoms with Crippen LogP contribution in [0.15, 0.2) is 103 Å². The first-order valence-corrected chi connectivity index (χ1v) is 13.5. The van der Waals surface area contributed by atoms with Crippen LogP contribution in [-0.2, 0) is 5.41 Å². The molecule has 0 aliphatic heterocycles. The maximum absolute atomic E-state index is 5.08. The van der Waals surface area contributed by atoms with E-state index in [1.165, 1.54) is 80.1 Å². The summed E-state index contributed by atoms with van der Waals surface area (Å²) in [6.07, 6.45) is 5.10. The Morgan fingerprint density at radius 2 is 1.27 bits per heavy atom. The summed E-state index contributed by atoms with van der Waals surface area (Å²) in [6, 6.07) is 38.5. The van der Waals surface area contributed by atoms with Crippen LogP contribution in [0.3, 0.4) is 0 Å². The van der Waals surface area contributed by atoms with Crippen molar-refractivity contribution in [2.45, 2.75) is 31.1 Å². The highest BCUT2D eigenvalue weighted by Gasteiger charge is 2.43. The Morgan fingerprint density at radius 3 is 2.22 bits per heavy atom. The van der Waals surface area contributed by atoms with Crippen molar-refractivity contribution in [3.05, 3.63) is 114 Å². The fourth-order valence-electron chi connectivity index (χ4n) is 7.76. The van der Waals surface area contributed by atoms with Crippen LogP contribution < -0.4 is 0 Å². The van der Waals surface area contributed by atoms with Crippen molar-refractivity contribution in [3.8, 4) is 22.4 Å². The normalized spacial score (nSPS) is 15.9. The number of para-hydroxylation sites is 1. The third-order valence-electron chi connectivity index (χ3n) is 9.34. The standard InChI is InChI=1S/C36H25N/c1-4-10-31-22(7-1)14-18-32(37-31)26-15-13-24-21-30-35-27(16-11-23-12-17-28(26)33(24)34(23)35)25-8-2-3-9-29(25)36(30)19-5-6-20-36/h1-4,7-18,21H,5-6,19-20H2. The summed E-state index contributed by atoms with van der Waals surface area (Å²) in [4.78, 5) is 5.08. The molecule has 0 unspecified atom stereocenters. The van der Waals surface area contributed by atoms with Gasteiger partial charge < -0.3 is 0 Å². The van der Waals surface area contributed by atoms with Gasteiger partial charge in [0.25, 0.3) is 0 Å². The summed E-state index contributed by atoms with van der Waals surface area (Å²) in [5.74, 6) is 0. The third kappa shape index (κ3) is 2.47. The average Bonchev–Trinajstić information content (AvgIpc) is 3.45. The summed E-state index contributed by atoms with van der Waals surface area (Å²) in [7, 11) is 0. The second kappa shape index (κ2) is 6.95. The number of nitrogens with zero attached hydrogens (tertiary/aromatic N) is 1. The molecule has 0 N–H and O–H groups in total. The molecule has 1 nitrogen and oxygen atoms in total. The quantitative estimate of drug-likeness (QED) is 0.217. The van der Waals surface area contributed by atoms with E-state index in [1.807, 2.05) is 0 Å². The van der Waals surface area contributed by atoms with Crippen molar-refractivity contribution >= 4 is 43.2 Å². The second-order valence-corrected chi connectivity index (χ2v) is 11.1. The van der Waals surface area contributed by atoms with Crippen LogP contribution in [0.1, 0.15) is 36.8 Å². The SMILES string of the molecule is c1ccc2c(c1)-c1ccc3ccc4c(-c5ccc6ccccc6n5)ccc5cc(c1c3c54)C21CCCC1. The van der Waals surface area contributed by atoms with Gasteiger partial charge in [0, 0.05) is 16.4 Å². The van der Waals surface area contributed by atoms with Gasteiger partial charge in [0.15, 0.2) is 0 Å². The van der Waals surface area contributed by atoms with Crippen molar-refractivity contribution in [1.29, 1.82) is 0 Å². The largest absolute Gasteiger partial charge is 0.248 e. The predicted molar refractivity (Wildman–Crippen MR) is 156 cm³/mol. The Labute approximate surface area is 215 Å². The van der Waals surface area contributed by atoms with Crippen molar-refractivity contribution in [2.75, 3.05) is 0 Å². The molecule has 1 aromatic heterocycles. The highest BCUT2D eigenvalue weighted by molar-refractivity contribution is 6.29. The number of fused-ring (bicyclic) bond motifs is 5. The first-order valence-electron chi connectivity index (χ1n) is 13.5. The topological polar surface area (TPSA) is 12.9 Å². The van der Waals surface area contributed by atoms with Gasteiger partial charge in [-0.3, -0.25) is 0 Å². The van der Waals surface area contributed by atoms with E-state index in [1.54, 1.807) is 11.1 Å². The maximum atomic E-state index is 5.08. The average molecular weight is 472 g/mol. The molecule has 1 fully saturated rings. The van der Waals surface area contributed by atoms with E-state index >= 15 is 0 Å². The first kappa shape index (κ1) is 19.9. The zero-order valence-corrected chi connectivity index (χ0v) is 20.6. The highest BCUT2D eigenvalue weighted by atomic mass is 14.7. The lowest BCUT2D eigenvalue weighted by Gasteiger charge is -2.39. The minimum atomic E-state index is 0.135. The Morgan fingerprint density at radius 1 is 0.514 bits per heavy atom. The highest BCUT2D eigenvalue weighted by Crippen LogP contribution is 2.58. The first-order chi connectivity index (χ1) is 18.3. The van der Waals surface area contributed by atoms with Crippen LogP contribution >= 0.6 is 0 Å². The fourth-order valence-corrected chi connectivity index (χ4v) is 7.76. The van der Waals surface area contributed by atoms with E-state index in [-0.39, 0.29) is 5.41 Å². The number of pyridine rings is 1. The third-order valence-corrected chi connectivity index (χ3v) is 9.34. The molecule has 7 aromatic rings. The van der Waals surface area contributed by atoms with Crippen LogP contribution in [0.4, 0.5) is 0 Å². The molecule has 6 aromatic carbocycles. The Kier molecular flexibility index (Phi) is 3.74. The van der Waals surface area contributed by atoms with Gasteiger partial charge in [0.05, 0.1) is 11.2 Å². The number of hydrogen-bond donors (Lipinski definition) is 0. The molecule has 37 heavy (non-hydrogen) atoms. The molecule has 0 amide bonds. The lowest BCUT2D eigenvalue weighted by atomic mass is 9.64. The van der Waals surface area contributed by atoms with Gasteiger partial charge in [-0.2, -0.15) is 0 Å². The van der Waals surface area contributed by atoms with Crippen LogP contribution in [-0.4, -0.2) is 4.98 Å². The van der Waals surface area contributed by atoms with Gasteiger partial charge >= 0.3 is 0 Å². The molecular formula is C36H25N. The van der Waals surface area contributed by atoms with Crippen LogP contribution in [0, 0.1) is 0 Å². The number of hydrogen-bond acceptors (Lipinski definition) is 1. The Hall–Kier alpha value is -4.23. The molecule has 0 radical (unpaired) electrons. The molecule has 2 aliphatic carbocycles. The molecule has 2 aliphatic rings. The molecule has 1 heteroatoms. The van der Waals surface area contributed by atoms with Crippen molar-refractivity contribution in [1.82, 2.24) is 4.98 Å². The summed E-state index contributed by atoms with van der Waals surface area (Å²) >= 11 is 0. The zero-order valence-electron chi connectivity index (χ0n) is 20.6. The maximum Gasteiger partial charge on any atom is 0.0715 e. The summed E-state index contributed by atoms with van der Waals surface area (Å²) in [5.41, 5.74) is 9.37. The lowest BCUT2D eigenvalue weighted by molar-refractivity contribution is 0.539. The second-order valence-electron chi connectivity index (χ2n) is 11.1. The van der Waals surface area contributed by atoms with Gasteiger partial charge in [-0.1, -0.05) is 97.8 Å². The summed E-state index contributed by atoms with van der Waals surface area (Å²) in [5, 5.41) is 9.49. The Balaban J connectivity index is 1.43. The molecule has 0 bridgehead atoms. The van der Waals surface area contributed by atoms with Crippen LogP contribution in [0.5, 0.6) is 0 Å². The smallest absolute Gasteiger partial charge is 0.0715 e. The van der Waals surface area contributed by atoms with E-state index in [4.69, 9.17) is 4.98 Å². The molecular weight excluding hydrogens is 446 g/mol. The minimum Gasteiger partial charge on any atom is -0.248 e. The molecule has 9 rings (SSSR count). The Bertz CT molecular complexity index is 2040. The molecule has 1 spiro atoms. The zero-order chi connectivity index (χ0) is 24.1. The number of benzene rings is 6. The molecule has 174 valence electrons. The van der Waals surface area contributed by atoms with E-state index in [0.717, 1.165) is 11.2 Å². The number of rotatable bonds is 1. The fraction of sp³-hybridized carbons (Fsp3) is 0.139. The van der Waals surface area contributed by atoms with Crippen molar-refractivity contribution in [3.63, 3.8) is 0 Å². The summed E-state index contributed by atoms with van der Waals surface area (Å²) < 4.78 is 0. The molecule has 1 heterocycles. The summed E-state index contributed by atoms with van der Waals surface area (Å²) in [6.45, 7) is 0. The van der Waals surface area contributed by atoms with E-state index in [2.05, 4.69) is 103 Å². The van der Waals surface area contributed by atoms with Crippen molar-refractivity contribution < 1.29 is 0 Å². The van der Waals surface area contributed by atoms with Gasteiger partial charge in [-0.25, -0.2) is 4.98 Å². The van der Waals surface area contributed by atoms with Gasteiger partial charge in [-0.05, 0) is 85.6 Å². The molecule has 0 atom stereocenters. The van der Waals surface area contributed by atoms with E-state index < -0.39 is 0 Å². The molecule has 0 saturated heterocycles. The monoisotopic (exact) mass is 471 g/mol.